The molecule has 5 rings (SSSR count). The molecule has 0 amide bonds. The number of aromatic nitrogens is 4. The highest BCUT2D eigenvalue weighted by molar-refractivity contribution is 5.82. The number of aliphatic hydroxyl groups is 1. The Morgan fingerprint density at radius 3 is 2.62 bits per heavy atom. The van der Waals surface area contributed by atoms with Gasteiger partial charge >= 0.3 is 0 Å². The summed E-state index contributed by atoms with van der Waals surface area (Å²) >= 11 is 0. The van der Waals surface area contributed by atoms with Gasteiger partial charge in [-0.1, -0.05) is 0 Å². The summed E-state index contributed by atoms with van der Waals surface area (Å²) < 4.78 is 0. The minimum absolute atomic E-state index is 0.211. The Bertz CT molecular complexity index is 772. The molecule has 8 heteroatoms. The van der Waals surface area contributed by atoms with Crippen molar-refractivity contribution < 1.29 is 5.11 Å². The van der Waals surface area contributed by atoms with Crippen molar-refractivity contribution in [2.24, 2.45) is 11.8 Å². The Balaban J connectivity index is 1.32. The standard InChI is InChI=1S/C18H27N7O/c1-23-2-4-24(5-3-23)14-6-12-8-25(9-13(12)7-15(14)26)18-16-17(20-10-19-16)21-11-22-18/h10-15,26H,2-9H2,1H3,(H,19,20,21,22)/t12-,13+,14-,15-/m1/s1. The lowest BCUT2D eigenvalue weighted by atomic mass is 9.77. The van der Waals surface area contributed by atoms with Gasteiger partial charge in [0, 0.05) is 45.3 Å². The van der Waals surface area contributed by atoms with Gasteiger partial charge in [-0.3, -0.25) is 4.90 Å². The number of nitrogens with zero attached hydrogens (tertiary/aromatic N) is 6. The van der Waals surface area contributed by atoms with E-state index in [1.807, 2.05) is 0 Å². The molecule has 0 aromatic carbocycles. The third-order valence-corrected chi connectivity index (χ3v) is 6.62. The van der Waals surface area contributed by atoms with E-state index in [0.29, 0.717) is 17.9 Å². The molecule has 140 valence electrons. The van der Waals surface area contributed by atoms with Crippen LogP contribution in [0.4, 0.5) is 5.82 Å². The van der Waals surface area contributed by atoms with Crippen LogP contribution in [0.2, 0.25) is 0 Å². The number of hydrogen-bond donors (Lipinski definition) is 2. The highest BCUT2D eigenvalue weighted by Crippen LogP contribution is 2.40. The number of nitrogens with one attached hydrogen (secondary N) is 1. The lowest BCUT2D eigenvalue weighted by molar-refractivity contribution is -0.0249. The molecule has 26 heavy (non-hydrogen) atoms. The third kappa shape index (κ3) is 2.76. The summed E-state index contributed by atoms with van der Waals surface area (Å²) in [6.07, 6.45) is 5.05. The van der Waals surface area contributed by atoms with Gasteiger partial charge in [0.05, 0.1) is 12.4 Å². The molecule has 2 aliphatic heterocycles. The molecule has 4 heterocycles. The number of likely N-dealkylation sites (N-methyl/N-ethyl adjacent to an activating group) is 1. The molecule has 2 saturated heterocycles. The lowest BCUT2D eigenvalue weighted by Crippen LogP contribution is -2.55. The van der Waals surface area contributed by atoms with Crippen LogP contribution >= 0.6 is 0 Å². The van der Waals surface area contributed by atoms with Crippen molar-refractivity contribution in [1.82, 2.24) is 29.7 Å². The zero-order valence-electron chi connectivity index (χ0n) is 15.3. The van der Waals surface area contributed by atoms with Crippen molar-refractivity contribution in [1.29, 1.82) is 0 Å². The maximum Gasteiger partial charge on any atom is 0.182 e. The van der Waals surface area contributed by atoms with E-state index in [1.165, 1.54) is 0 Å². The highest BCUT2D eigenvalue weighted by atomic mass is 16.3. The van der Waals surface area contributed by atoms with E-state index in [4.69, 9.17) is 0 Å². The first-order valence-electron chi connectivity index (χ1n) is 9.68. The molecule has 3 fully saturated rings. The van der Waals surface area contributed by atoms with Crippen LogP contribution in [0.25, 0.3) is 11.2 Å². The predicted octanol–water partition coefficient (Wildman–Crippen LogP) is 0.176. The second kappa shape index (κ2) is 6.44. The van der Waals surface area contributed by atoms with Crippen LogP contribution in [0, 0.1) is 11.8 Å². The van der Waals surface area contributed by atoms with Gasteiger partial charge in [-0.2, -0.15) is 0 Å². The lowest BCUT2D eigenvalue weighted by Gasteiger charge is -2.44. The summed E-state index contributed by atoms with van der Waals surface area (Å²) in [5, 5.41) is 10.8. The average molecular weight is 357 g/mol. The van der Waals surface area contributed by atoms with Gasteiger partial charge in [-0.25, -0.2) is 15.0 Å². The van der Waals surface area contributed by atoms with E-state index in [1.54, 1.807) is 12.7 Å². The number of H-pyrrole nitrogens is 1. The van der Waals surface area contributed by atoms with E-state index in [2.05, 4.69) is 41.7 Å². The summed E-state index contributed by atoms with van der Waals surface area (Å²) in [5.41, 5.74) is 1.64. The second-order valence-corrected chi connectivity index (χ2v) is 8.17. The summed E-state index contributed by atoms with van der Waals surface area (Å²) in [6.45, 7) is 6.31. The van der Waals surface area contributed by atoms with Gasteiger partial charge in [-0.15, -0.1) is 0 Å². The molecule has 0 radical (unpaired) electrons. The van der Waals surface area contributed by atoms with Crippen molar-refractivity contribution >= 4 is 17.0 Å². The Morgan fingerprint density at radius 2 is 1.81 bits per heavy atom. The van der Waals surface area contributed by atoms with Crippen LogP contribution in [-0.4, -0.2) is 93.3 Å². The van der Waals surface area contributed by atoms with Crippen molar-refractivity contribution in [3.8, 4) is 0 Å². The van der Waals surface area contributed by atoms with Crippen molar-refractivity contribution in [3.63, 3.8) is 0 Å². The quantitative estimate of drug-likeness (QED) is 0.793. The molecule has 8 nitrogen and oxygen atoms in total. The topological polar surface area (TPSA) is 84.4 Å². The van der Waals surface area contributed by atoms with E-state index < -0.39 is 0 Å². The number of aromatic amines is 1. The fourth-order valence-corrected chi connectivity index (χ4v) is 5.12. The smallest absolute Gasteiger partial charge is 0.182 e. The van der Waals surface area contributed by atoms with Gasteiger partial charge < -0.3 is 19.9 Å². The maximum atomic E-state index is 10.8. The first kappa shape index (κ1) is 16.4. The number of rotatable bonds is 2. The first-order chi connectivity index (χ1) is 12.7. The number of aliphatic hydroxyl groups excluding tert-OH is 1. The minimum atomic E-state index is -0.211. The molecule has 2 aromatic rings. The van der Waals surface area contributed by atoms with Crippen molar-refractivity contribution in [2.75, 3.05) is 51.2 Å². The van der Waals surface area contributed by atoms with Crippen molar-refractivity contribution in [2.45, 2.75) is 25.0 Å². The fourth-order valence-electron chi connectivity index (χ4n) is 5.12. The van der Waals surface area contributed by atoms with E-state index >= 15 is 0 Å². The normalized spacial score (nSPS) is 33.7. The molecule has 2 aromatic heterocycles. The second-order valence-electron chi connectivity index (χ2n) is 8.17. The number of anilines is 1. The third-order valence-electron chi connectivity index (χ3n) is 6.62. The van der Waals surface area contributed by atoms with E-state index in [9.17, 15) is 5.11 Å². The van der Waals surface area contributed by atoms with E-state index in [0.717, 1.165) is 69.1 Å². The Kier molecular flexibility index (Phi) is 4.06. The molecule has 3 aliphatic rings. The first-order valence-corrected chi connectivity index (χ1v) is 9.68. The van der Waals surface area contributed by atoms with Crippen LogP contribution in [-0.2, 0) is 0 Å². The Hall–Kier alpha value is -1.77. The predicted molar refractivity (Wildman–Crippen MR) is 99.0 cm³/mol. The largest absolute Gasteiger partial charge is 0.391 e. The Morgan fingerprint density at radius 1 is 1.04 bits per heavy atom. The summed E-state index contributed by atoms with van der Waals surface area (Å²) in [4.78, 5) is 23.4. The molecule has 0 spiro atoms. The molecule has 4 atom stereocenters. The van der Waals surface area contributed by atoms with Crippen LogP contribution < -0.4 is 4.90 Å². The van der Waals surface area contributed by atoms with Crippen LogP contribution in [0.5, 0.6) is 0 Å². The molecule has 2 N–H and O–H groups in total. The number of fused-ring (bicyclic) bond motifs is 2. The maximum absolute atomic E-state index is 10.8. The number of hydrogen-bond acceptors (Lipinski definition) is 7. The van der Waals surface area contributed by atoms with Gasteiger partial charge in [-0.05, 0) is 31.7 Å². The summed E-state index contributed by atoms with van der Waals surface area (Å²) in [5.74, 6) is 2.12. The number of piperazine rings is 1. The van der Waals surface area contributed by atoms with Crippen LogP contribution in [0.1, 0.15) is 12.8 Å². The number of imidazole rings is 1. The molecule has 0 unspecified atom stereocenters. The minimum Gasteiger partial charge on any atom is -0.391 e. The average Bonchev–Trinajstić information content (AvgIpc) is 3.27. The SMILES string of the molecule is CN1CCN([C@@H]2C[C@@H]3CN(c4ncnc5nc[nH]c45)C[C@@H]3C[C@H]2O)CC1. The zero-order valence-corrected chi connectivity index (χ0v) is 15.3. The highest BCUT2D eigenvalue weighted by Gasteiger charge is 2.44. The van der Waals surface area contributed by atoms with Gasteiger partial charge in [0.1, 0.15) is 11.8 Å². The van der Waals surface area contributed by atoms with Gasteiger partial charge in [0.15, 0.2) is 11.5 Å². The molecule has 1 saturated carbocycles. The van der Waals surface area contributed by atoms with Gasteiger partial charge in [0.2, 0.25) is 0 Å². The van der Waals surface area contributed by atoms with Crippen LogP contribution in [0.3, 0.4) is 0 Å². The molecule has 1 aliphatic carbocycles. The fraction of sp³-hybridized carbons (Fsp3) is 0.722. The molecule has 0 bridgehead atoms. The Labute approximate surface area is 153 Å². The van der Waals surface area contributed by atoms with Gasteiger partial charge in [0.25, 0.3) is 0 Å². The monoisotopic (exact) mass is 357 g/mol. The zero-order chi connectivity index (χ0) is 17.7. The van der Waals surface area contributed by atoms with Crippen molar-refractivity contribution in [3.05, 3.63) is 12.7 Å². The molecular formula is C18H27N7O. The summed E-state index contributed by atoms with van der Waals surface area (Å²) in [7, 11) is 2.18. The van der Waals surface area contributed by atoms with Crippen LogP contribution in [0.15, 0.2) is 12.7 Å². The summed E-state index contributed by atoms with van der Waals surface area (Å²) in [6, 6.07) is 0.308. The van der Waals surface area contributed by atoms with E-state index in [-0.39, 0.29) is 6.10 Å². The molecular weight excluding hydrogens is 330 g/mol.